The third-order valence-corrected chi connectivity index (χ3v) is 6.26. The molecule has 6 rings (SSSR count). The zero-order valence-electron chi connectivity index (χ0n) is 21.9. The smallest absolute Gasteiger partial charge is 0.238 e. The van der Waals surface area contributed by atoms with Gasteiger partial charge in [0.1, 0.15) is 17.3 Å². The third-order valence-electron chi connectivity index (χ3n) is 6.26. The van der Waals surface area contributed by atoms with Crippen molar-refractivity contribution in [3.8, 4) is 39.7 Å². The summed E-state index contributed by atoms with van der Waals surface area (Å²) in [6.07, 6.45) is 8.26. The Labute approximate surface area is 227 Å². The van der Waals surface area contributed by atoms with Crippen molar-refractivity contribution in [2.45, 2.75) is 0 Å². The fourth-order valence-electron chi connectivity index (χ4n) is 4.48. The second kappa shape index (κ2) is 10.2. The summed E-state index contributed by atoms with van der Waals surface area (Å²) < 4.78 is 19.5. The van der Waals surface area contributed by atoms with Gasteiger partial charge in [0.2, 0.25) is 5.91 Å². The Hall–Kier alpha value is -5.23. The van der Waals surface area contributed by atoms with Gasteiger partial charge in [-0.1, -0.05) is 0 Å². The van der Waals surface area contributed by atoms with Crippen molar-refractivity contribution in [3.63, 3.8) is 0 Å². The number of benzene rings is 1. The van der Waals surface area contributed by atoms with E-state index in [9.17, 15) is 9.18 Å². The number of likely N-dealkylation sites (N-methyl/N-ethyl adjacent to an activating group) is 1. The number of halogens is 1. The second-order valence-electron chi connectivity index (χ2n) is 9.48. The van der Waals surface area contributed by atoms with Crippen LogP contribution in [0.1, 0.15) is 0 Å². The van der Waals surface area contributed by atoms with Gasteiger partial charge in [-0.05, 0) is 43.9 Å². The highest BCUT2D eigenvalue weighted by Crippen LogP contribution is 2.33. The minimum absolute atomic E-state index is 0.139. The van der Waals surface area contributed by atoms with Gasteiger partial charge in [0, 0.05) is 35.0 Å². The lowest BCUT2D eigenvalue weighted by molar-refractivity contribution is -0.116. The number of rotatable bonds is 7. The molecule has 0 bridgehead atoms. The summed E-state index contributed by atoms with van der Waals surface area (Å²) in [6.45, 7) is 0.258. The molecule has 0 aliphatic rings. The van der Waals surface area contributed by atoms with E-state index in [4.69, 9.17) is 9.72 Å². The molecular weight excluding hydrogens is 513 g/mol. The van der Waals surface area contributed by atoms with Gasteiger partial charge in [0.05, 0.1) is 60.2 Å². The zero-order chi connectivity index (χ0) is 27.8. The molecule has 1 amide bonds. The lowest BCUT2D eigenvalue weighted by atomic mass is 10.1. The quantitative estimate of drug-likeness (QED) is 0.275. The number of carbonyl (C=O) groups excluding carboxylic acids is 1. The molecule has 3 N–H and O–H groups in total. The Bertz CT molecular complexity index is 1880. The number of amides is 1. The number of fused-ring (bicyclic) bond motifs is 2. The van der Waals surface area contributed by atoms with Crippen LogP contribution >= 0.6 is 0 Å². The SMILES string of the molecule is COc1cc(F)cc(-c2cncc3[nH]c(-c4n[nH]c5cnc(-c6cncc(NC(=O)CN(C)C)c6)cc45)nc23)c1. The zero-order valence-corrected chi connectivity index (χ0v) is 21.9. The van der Waals surface area contributed by atoms with Gasteiger partial charge in [-0.2, -0.15) is 5.10 Å². The summed E-state index contributed by atoms with van der Waals surface area (Å²) >= 11 is 0. The number of pyridine rings is 3. The van der Waals surface area contributed by atoms with E-state index >= 15 is 0 Å². The Morgan fingerprint density at radius 2 is 1.85 bits per heavy atom. The lowest BCUT2D eigenvalue weighted by Gasteiger charge is -2.10. The van der Waals surface area contributed by atoms with Crippen molar-refractivity contribution in [1.29, 1.82) is 0 Å². The minimum atomic E-state index is -0.420. The molecule has 200 valence electrons. The molecule has 1 aromatic carbocycles. The highest BCUT2D eigenvalue weighted by atomic mass is 19.1. The maximum atomic E-state index is 14.2. The molecule has 0 unspecified atom stereocenters. The average Bonchev–Trinajstić information content (AvgIpc) is 3.56. The molecule has 5 heterocycles. The Balaban J connectivity index is 1.38. The largest absolute Gasteiger partial charge is 0.497 e. The van der Waals surface area contributed by atoms with Gasteiger partial charge in [-0.3, -0.25) is 24.8 Å². The third kappa shape index (κ3) is 4.83. The summed E-state index contributed by atoms with van der Waals surface area (Å²) in [5.74, 6) is 0.354. The lowest BCUT2D eigenvalue weighted by Crippen LogP contribution is -2.27. The molecule has 0 saturated carbocycles. The summed E-state index contributed by atoms with van der Waals surface area (Å²) in [5, 5.41) is 11.1. The number of aromatic amines is 2. The summed E-state index contributed by atoms with van der Waals surface area (Å²) in [6, 6.07) is 8.18. The van der Waals surface area contributed by atoms with Gasteiger partial charge in [-0.25, -0.2) is 9.37 Å². The van der Waals surface area contributed by atoms with E-state index in [1.165, 1.54) is 19.2 Å². The summed E-state index contributed by atoms with van der Waals surface area (Å²) in [4.78, 5) is 35.2. The molecule has 11 nitrogen and oxygen atoms in total. The number of methoxy groups -OCH3 is 1. The number of ether oxygens (including phenoxy) is 1. The predicted molar refractivity (Wildman–Crippen MR) is 149 cm³/mol. The first kappa shape index (κ1) is 25.1. The highest BCUT2D eigenvalue weighted by molar-refractivity contribution is 5.98. The van der Waals surface area contributed by atoms with Crippen LogP contribution in [0.5, 0.6) is 5.75 Å². The number of hydrogen-bond donors (Lipinski definition) is 3. The van der Waals surface area contributed by atoms with Crippen LogP contribution in [0.2, 0.25) is 0 Å². The molecule has 0 fully saturated rings. The van der Waals surface area contributed by atoms with Crippen molar-refractivity contribution in [1.82, 2.24) is 40.0 Å². The monoisotopic (exact) mass is 537 g/mol. The molecule has 0 spiro atoms. The predicted octanol–water partition coefficient (Wildman–Crippen LogP) is 4.27. The number of H-pyrrole nitrogens is 2. The van der Waals surface area contributed by atoms with E-state index in [0.717, 1.165) is 16.5 Å². The number of aromatic nitrogens is 7. The van der Waals surface area contributed by atoms with E-state index in [1.54, 1.807) is 42.0 Å². The molecule has 0 aliphatic carbocycles. The molecule has 0 aliphatic heterocycles. The van der Waals surface area contributed by atoms with Crippen molar-refractivity contribution in [3.05, 3.63) is 67.1 Å². The highest BCUT2D eigenvalue weighted by Gasteiger charge is 2.17. The van der Waals surface area contributed by atoms with Crippen LogP contribution in [0.4, 0.5) is 10.1 Å². The first-order chi connectivity index (χ1) is 19.4. The first-order valence-corrected chi connectivity index (χ1v) is 12.3. The topological polar surface area (TPSA) is 138 Å². The number of nitrogens with one attached hydrogen (secondary N) is 3. The van der Waals surface area contributed by atoms with Gasteiger partial charge in [0.25, 0.3) is 0 Å². The van der Waals surface area contributed by atoms with Crippen LogP contribution in [0.15, 0.2) is 61.3 Å². The molecular formula is C28H24FN9O2. The molecule has 5 aromatic heterocycles. The normalized spacial score (nSPS) is 11.4. The fourth-order valence-corrected chi connectivity index (χ4v) is 4.48. The summed E-state index contributed by atoms with van der Waals surface area (Å²) in [5.41, 5.74) is 5.79. The summed E-state index contributed by atoms with van der Waals surface area (Å²) in [7, 11) is 5.14. The van der Waals surface area contributed by atoms with Crippen molar-refractivity contribution in [2.24, 2.45) is 0 Å². The van der Waals surface area contributed by atoms with Crippen molar-refractivity contribution < 1.29 is 13.9 Å². The first-order valence-electron chi connectivity index (χ1n) is 12.3. The maximum absolute atomic E-state index is 14.2. The number of imidazole rings is 1. The second-order valence-corrected chi connectivity index (χ2v) is 9.48. The van der Waals surface area contributed by atoms with Crippen LogP contribution in [-0.2, 0) is 4.79 Å². The van der Waals surface area contributed by atoms with E-state index in [1.807, 2.05) is 26.2 Å². The van der Waals surface area contributed by atoms with E-state index in [-0.39, 0.29) is 12.5 Å². The van der Waals surface area contributed by atoms with E-state index in [2.05, 4.69) is 35.5 Å². The van der Waals surface area contributed by atoms with Crippen molar-refractivity contribution >= 4 is 33.5 Å². The van der Waals surface area contributed by atoms with Gasteiger partial charge < -0.3 is 19.9 Å². The van der Waals surface area contributed by atoms with E-state index in [0.29, 0.717) is 50.8 Å². The standard InChI is InChI=1S/C28H24FN9O2/c1-38(2)14-25(39)33-18-5-16(9-30-10-18)22-8-20-23(13-32-22)36-37-27(20)28-34-24-12-31-11-21(26(24)35-28)15-4-17(29)7-19(6-15)40-3/h4-13H,14H2,1-3H3,(H,33,39)(H,34,35)(H,36,37). The maximum Gasteiger partial charge on any atom is 0.238 e. The Morgan fingerprint density at radius 3 is 2.67 bits per heavy atom. The van der Waals surface area contributed by atoms with Gasteiger partial charge in [-0.15, -0.1) is 0 Å². The van der Waals surface area contributed by atoms with Crippen LogP contribution < -0.4 is 10.1 Å². The molecule has 12 heteroatoms. The number of nitrogens with zero attached hydrogens (tertiary/aromatic N) is 6. The number of hydrogen-bond acceptors (Lipinski definition) is 8. The molecule has 0 atom stereocenters. The van der Waals surface area contributed by atoms with Crippen LogP contribution in [0.25, 0.3) is 55.8 Å². The van der Waals surface area contributed by atoms with E-state index < -0.39 is 5.82 Å². The average molecular weight is 538 g/mol. The number of anilines is 1. The van der Waals surface area contributed by atoms with Crippen molar-refractivity contribution in [2.75, 3.05) is 33.1 Å². The Kier molecular flexibility index (Phi) is 6.36. The molecule has 40 heavy (non-hydrogen) atoms. The fraction of sp³-hybridized carbons (Fsp3) is 0.143. The van der Waals surface area contributed by atoms with Crippen LogP contribution in [-0.4, -0.2) is 73.7 Å². The Morgan fingerprint density at radius 1 is 1.00 bits per heavy atom. The minimum Gasteiger partial charge on any atom is -0.497 e. The van der Waals surface area contributed by atoms with Crippen LogP contribution in [0.3, 0.4) is 0 Å². The molecule has 0 radical (unpaired) electrons. The van der Waals surface area contributed by atoms with Crippen LogP contribution in [0, 0.1) is 5.82 Å². The molecule has 0 saturated heterocycles. The van der Waals surface area contributed by atoms with Gasteiger partial charge in [0.15, 0.2) is 5.82 Å². The van der Waals surface area contributed by atoms with Gasteiger partial charge >= 0.3 is 0 Å². The number of carbonyl (C=O) groups is 1. The molecule has 6 aromatic rings.